The van der Waals surface area contributed by atoms with Crippen LogP contribution in [0.25, 0.3) is 0 Å². The van der Waals surface area contributed by atoms with E-state index in [2.05, 4.69) is 12.2 Å². The summed E-state index contributed by atoms with van der Waals surface area (Å²) in [4.78, 5) is 12.0. The van der Waals surface area contributed by atoms with Gasteiger partial charge in [0.05, 0.1) is 11.3 Å². The second-order valence-corrected chi connectivity index (χ2v) is 6.51. The lowest BCUT2D eigenvalue weighted by molar-refractivity contribution is 0.0947. The molecular weight excluding hydrogens is 248 g/mol. The number of benzene rings is 1. The normalized spacial score (nSPS) is 22.9. The van der Waals surface area contributed by atoms with Gasteiger partial charge in [-0.25, -0.2) is 0 Å². The minimum Gasteiger partial charge on any atom is -0.505 e. The smallest absolute Gasteiger partial charge is 0.255 e. The molecule has 0 saturated carbocycles. The van der Waals surface area contributed by atoms with Crippen LogP contribution in [0.3, 0.4) is 0 Å². The summed E-state index contributed by atoms with van der Waals surface area (Å²) in [5.74, 6) is 0.739. The monoisotopic (exact) mass is 266 g/mol. The highest BCUT2D eigenvalue weighted by Gasteiger charge is 2.30. The highest BCUT2D eigenvalue weighted by atomic mass is 32.2. The first kappa shape index (κ1) is 13.1. The summed E-state index contributed by atoms with van der Waals surface area (Å²) >= 11 is 1.89. The second-order valence-electron chi connectivity index (χ2n) is 4.83. The molecule has 1 aliphatic rings. The average molecular weight is 266 g/mol. The van der Waals surface area contributed by atoms with Crippen LogP contribution in [0.1, 0.15) is 30.1 Å². The number of amides is 1. The van der Waals surface area contributed by atoms with E-state index < -0.39 is 0 Å². The fourth-order valence-corrected chi connectivity index (χ4v) is 3.33. The van der Waals surface area contributed by atoms with E-state index in [4.69, 9.17) is 5.73 Å². The third-order valence-electron chi connectivity index (χ3n) is 3.24. The largest absolute Gasteiger partial charge is 0.505 e. The molecule has 5 heteroatoms. The molecule has 1 heterocycles. The molecule has 4 nitrogen and oxygen atoms in total. The van der Waals surface area contributed by atoms with Crippen LogP contribution in [-0.2, 0) is 0 Å². The second kappa shape index (κ2) is 5.10. The number of para-hydroxylation sites is 1. The zero-order valence-corrected chi connectivity index (χ0v) is 11.2. The van der Waals surface area contributed by atoms with Crippen LogP contribution >= 0.6 is 11.8 Å². The molecule has 1 aliphatic heterocycles. The Kier molecular flexibility index (Phi) is 3.71. The summed E-state index contributed by atoms with van der Waals surface area (Å²) in [6.07, 6.45) is 2.31. The molecular formula is C13H18N2O2S. The summed E-state index contributed by atoms with van der Waals surface area (Å²) in [5.41, 5.74) is 6.03. The van der Waals surface area contributed by atoms with E-state index in [1.165, 1.54) is 6.42 Å². The Bertz CT molecular complexity index is 456. The van der Waals surface area contributed by atoms with Gasteiger partial charge in [0.25, 0.3) is 5.91 Å². The number of anilines is 1. The number of carbonyl (C=O) groups excluding carboxylic acids is 1. The molecule has 1 atom stereocenters. The van der Waals surface area contributed by atoms with Crippen LogP contribution < -0.4 is 11.1 Å². The summed E-state index contributed by atoms with van der Waals surface area (Å²) in [7, 11) is 0. The van der Waals surface area contributed by atoms with Crippen molar-refractivity contribution < 1.29 is 9.90 Å². The van der Waals surface area contributed by atoms with E-state index in [-0.39, 0.29) is 27.7 Å². The average Bonchev–Trinajstić information content (AvgIpc) is 2.77. The number of phenolic OH excluding ortho intramolecular Hbond substituents is 1. The number of hydrogen-bond donors (Lipinski definition) is 3. The van der Waals surface area contributed by atoms with Crippen molar-refractivity contribution in [3.63, 3.8) is 0 Å². The van der Waals surface area contributed by atoms with Crippen molar-refractivity contribution in [2.75, 3.05) is 18.0 Å². The molecule has 2 rings (SSSR count). The quantitative estimate of drug-likeness (QED) is 0.577. The molecule has 18 heavy (non-hydrogen) atoms. The van der Waals surface area contributed by atoms with Crippen molar-refractivity contribution in [2.45, 2.75) is 24.5 Å². The van der Waals surface area contributed by atoms with E-state index >= 15 is 0 Å². The third-order valence-corrected chi connectivity index (χ3v) is 4.77. The first-order valence-electron chi connectivity index (χ1n) is 6.01. The Hall–Kier alpha value is -1.36. The molecule has 4 N–H and O–H groups in total. The minimum atomic E-state index is -0.270. The molecule has 1 unspecified atom stereocenters. The minimum absolute atomic E-state index is 0.117. The van der Waals surface area contributed by atoms with Crippen LogP contribution in [0.4, 0.5) is 5.69 Å². The van der Waals surface area contributed by atoms with Crippen molar-refractivity contribution >= 4 is 23.4 Å². The lowest BCUT2D eigenvalue weighted by Crippen LogP contribution is -2.36. The zero-order valence-electron chi connectivity index (χ0n) is 10.4. The van der Waals surface area contributed by atoms with Crippen molar-refractivity contribution in [3.8, 4) is 5.75 Å². The number of nitrogens with two attached hydrogens (primary N) is 1. The predicted octanol–water partition coefficient (Wildman–Crippen LogP) is 1.99. The highest BCUT2D eigenvalue weighted by molar-refractivity contribution is 8.00. The first-order chi connectivity index (χ1) is 8.52. The Morgan fingerprint density at radius 2 is 2.39 bits per heavy atom. The third kappa shape index (κ3) is 2.72. The molecule has 1 fully saturated rings. The van der Waals surface area contributed by atoms with Gasteiger partial charge in [-0.2, -0.15) is 11.8 Å². The number of nitrogens with one attached hydrogen (secondary N) is 1. The number of thioether (sulfide) groups is 1. The summed E-state index contributed by atoms with van der Waals surface area (Å²) in [6.45, 7) is 2.77. The van der Waals surface area contributed by atoms with Gasteiger partial charge in [-0.05, 0) is 37.7 Å². The van der Waals surface area contributed by atoms with Gasteiger partial charge in [0.1, 0.15) is 0 Å². The fraction of sp³-hybridized carbons (Fsp3) is 0.462. The maximum Gasteiger partial charge on any atom is 0.255 e. The number of carbonyl (C=O) groups is 1. The molecule has 1 saturated heterocycles. The van der Waals surface area contributed by atoms with Crippen molar-refractivity contribution in [3.05, 3.63) is 23.8 Å². The lowest BCUT2D eigenvalue weighted by Gasteiger charge is -2.23. The topological polar surface area (TPSA) is 75.4 Å². The SMILES string of the molecule is CC1(CNC(=O)c2cccc(N)c2O)CCCS1. The van der Waals surface area contributed by atoms with Crippen molar-refractivity contribution in [1.29, 1.82) is 0 Å². The number of hydrogen-bond acceptors (Lipinski definition) is 4. The Morgan fingerprint density at radius 3 is 3.06 bits per heavy atom. The van der Waals surface area contributed by atoms with Crippen LogP contribution in [-0.4, -0.2) is 28.1 Å². The summed E-state index contributed by atoms with van der Waals surface area (Å²) in [6, 6.07) is 4.81. The van der Waals surface area contributed by atoms with Gasteiger partial charge in [-0.15, -0.1) is 0 Å². The maximum absolute atomic E-state index is 12.0. The van der Waals surface area contributed by atoms with Gasteiger partial charge in [0, 0.05) is 11.3 Å². The molecule has 0 aromatic heterocycles. The van der Waals surface area contributed by atoms with E-state index in [9.17, 15) is 9.90 Å². The van der Waals surface area contributed by atoms with Crippen molar-refractivity contribution in [1.82, 2.24) is 5.32 Å². The molecule has 1 amide bonds. The number of phenols is 1. The van der Waals surface area contributed by atoms with Gasteiger partial charge in [-0.3, -0.25) is 4.79 Å². The fourth-order valence-electron chi connectivity index (χ4n) is 2.08. The molecule has 98 valence electrons. The van der Waals surface area contributed by atoms with Crippen LogP contribution in [0.15, 0.2) is 18.2 Å². The van der Waals surface area contributed by atoms with Gasteiger partial charge < -0.3 is 16.2 Å². The Labute approximate surface area is 111 Å². The van der Waals surface area contributed by atoms with Gasteiger partial charge in [-0.1, -0.05) is 6.07 Å². The van der Waals surface area contributed by atoms with Gasteiger partial charge >= 0.3 is 0 Å². The maximum atomic E-state index is 12.0. The standard InChI is InChI=1S/C13H18N2O2S/c1-13(6-3-7-18-13)8-15-12(17)9-4-2-5-10(14)11(9)16/h2,4-5,16H,3,6-8,14H2,1H3,(H,15,17). The van der Waals surface area contributed by atoms with Gasteiger partial charge in [0.15, 0.2) is 5.75 Å². The van der Waals surface area contributed by atoms with Crippen molar-refractivity contribution in [2.24, 2.45) is 0 Å². The summed E-state index contributed by atoms with van der Waals surface area (Å²) < 4.78 is 0.117. The number of rotatable bonds is 3. The van der Waals surface area contributed by atoms with E-state index in [1.54, 1.807) is 18.2 Å². The zero-order chi connectivity index (χ0) is 13.2. The molecule has 0 aliphatic carbocycles. The highest BCUT2D eigenvalue weighted by Crippen LogP contribution is 2.37. The Balaban J connectivity index is 2.01. The van der Waals surface area contributed by atoms with Crippen LogP contribution in [0, 0.1) is 0 Å². The van der Waals surface area contributed by atoms with E-state index in [0.717, 1.165) is 12.2 Å². The molecule has 1 aromatic rings. The molecule has 0 spiro atoms. The van der Waals surface area contributed by atoms with Gasteiger partial charge in [0.2, 0.25) is 0 Å². The van der Waals surface area contributed by atoms with E-state index in [0.29, 0.717) is 6.54 Å². The van der Waals surface area contributed by atoms with Crippen LogP contribution in [0.2, 0.25) is 0 Å². The Morgan fingerprint density at radius 1 is 1.61 bits per heavy atom. The summed E-state index contributed by atoms with van der Waals surface area (Å²) in [5, 5.41) is 12.6. The number of nitrogen functional groups attached to an aromatic ring is 1. The number of aromatic hydroxyl groups is 1. The first-order valence-corrected chi connectivity index (χ1v) is 7.00. The molecule has 0 radical (unpaired) electrons. The molecule has 0 bridgehead atoms. The van der Waals surface area contributed by atoms with E-state index in [1.807, 2.05) is 11.8 Å². The lowest BCUT2D eigenvalue weighted by atomic mass is 10.1. The predicted molar refractivity (Wildman–Crippen MR) is 74.9 cm³/mol. The molecule has 1 aromatic carbocycles. The van der Waals surface area contributed by atoms with Crippen LogP contribution in [0.5, 0.6) is 5.75 Å².